The maximum absolute atomic E-state index is 12.5. The van der Waals surface area contributed by atoms with Gasteiger partial charge in [0.2, 0.25) is 5.91 Å². The SMILES string of the molecule is CN(CCO)C[C@@H]1CN(C(=O)Cc2ccc(Cl)c(Cl)c2)C[C@@H]1CO. The summed E-state index contributed by atoms with van der Waals surface area (Å²) in [6, 6.07) is 5.21. The van der Waals surface area contributed by atoms with Crippen molar-refractivity contribution in [1.82, 2.24) is 9.80 Å². The van der Waals surface area contributed by atoms with Crippen molar-refractivity contribution in [3.8, 4) is 0 Å². The fourth-order valence-electron chi connectivity index (χ4n) is 3.15. The van der Waals surface area contributed by atoms with Crippen molar-refractivity contribution in [2.24, 2.45) is 11.8 Å². The van der Waals surface area contributed by atoms with Crippen LogP contribution in [0.2, 0.25) is 10.0 Å². The van der Waals surface area contributed by atoms with Crippen LogP contribution in [0.3, 0.4) is 0 Å². The number of carbonyl (C=O) groups is 1. The molecule has 1 amide bonds. The van der Waals surface area contributed by atoms with Gasteiger partial charge in [-0.1, -0.05) is 29.3 Å². The molecule has 134 valence electrons. The Balaban J connectivity index is 1.96. The van der Waals surface area contributed by atoms with Crippen molar-refractivity contribution < 1.29 is 15.0 Å². The van der Waals surface area contributed by atoms with Gasteiger partial charge in [0, 0.05) is 38.7 Å². The molecule has 1 aromatic carbocycles. The maximum Gasteiger partial charge on any atom is 0.227 e. The van der Waals surface area contributed by atoms with Crippen molar-refractivity contribution in [2.75, 3.05) is 46.4 Å². The van der Waals surface area contributed by atoms with Gasteiger partial charge in [-0.15, -0.1) is 0 Å². The normalized spacial score (nSPS) is 20.8. The van der Waals surface area contributed by atoms with Crippen LogP contribution < -0.4 is 0 Å². The van der Waals surface area contributed by atoms with Crippen LogP contribution in [-0.4, -0.2) is 72.4 Å². The van der Waals surface area contributed by atoms with Gasteiger partial charge >= 0.3 is 0 Å². The molecule has 0 aromatic heterocycles. The van der Waals surface area contributed by atoms with Crippen LogP contribution in [0.4, 0.5) is 0 Å². The summed E-state index contributed by atoms with van der Waals surface area (Å²) in [7, 11) is 1.94. The van der Waals surface area contributed by atoms with Crippen LogP contribution in [0.1, 0.15) is 5.56 Å². The molecule has 1 aliphatic rings. The second-order valence-electron chi connectivity index (χ2n) is 6.41. The molecule has 1 aromatic rings. The molecule has 0 unspecified atom stereocenters. The highest BCUT2D eigenvalue weighted by atomic mass is 35.5. The molecule has 1 heterocycles. The Morgan fingerprint density at radius 3 is 2.58 bits per heavy atom. The molecule has 2 rings (SSSR count). The van der Waals surface area contributed by atoms with E-state index >= 15 is 0 Å². The topological polar surface area (TPSA) is 64.0 Å². The van der Waals surface area contributed by atoms with E-state index < -0.39 is 0 Å². The average molecular weight is 375 g/mol. The van der Waals surface area contributed by atoms with Gasteiger partial charge in [-0.3, -0.25) is 4.79 Å². The van der Waals surface area contributed by atoms with E-state index in [2.05, 4.69) is 0 Å². The number of nitrogens with zero attached hydrogens (tertiary/aromatic N) is 2. The van der Waals surface area contributed by atoms with Gasteiger partial charge in [0.15, 0.2) is 0 Å². The molecule has 1 fully saturated rings. The van der Waals surface area contributed by atoms with Crippen LogP contribution in [0.25, 0.3) is 0 Å². The zero-order valence-corrected chi connectivity index (χ0v) is 15.3. The Bertz CT molecular complexity index is 571. The number of amides is 1. The Labute approximate surface area is 152 Å². The third kappa shape index (κ3) is 5.07. The molecule has 0 radical (unpaired) electrons. The predicted molar refractivity (Wildman–Crippen MR) is 95.4 cm³/mol. The number of halogens is 2. The van der Waals surface area contributed by atoms with Gasteiger partial charge in [0.05, 0.1) is 23.1 Å². The Kier molecular flexibility index (Phi) is 7.32. The van der Waals surface area contributed by atoms with Gasteiger partial charge in [0.25, 0.3) is 0 Å². The average Bonchev–Trinajstić information content (AvgIpc) is 2.94. The number of hydrogen-bond donors (Lipinski definition) is 2. The van der Waals surface area contributed by atoms with E-state index in [4.69, 9.17) is 28.3 Å². The first-order valence-corrected chi connectivity index (χ1v) is 8.82. The number of carbonyl (C=O) groups excluding carboxylic acids is 1. The van der Waals surface area contributed by atoms with Crippen LogP contribution in [-0.2, 0) is 11.2 Å². The van der Waals surface area contributed by atoms with Crippen LogP contribution in [0.15, 0.2) is 18.2 Å². The second kappa shape index (κ2) is 9.02. The highest BCUT2D eigenvalue weighted by Crippen LogP contribution is 2.26. The standard InChI is InChI=1S/C17H24Cl2N2O3/c1-20(4-5-22)8-13-9-21(10-14(13)11-23)17(24)7-12-2-3-15(18)16(19)6-12/h2-3,6,13-14,22-23H,4-5,7-11H2,1H3/t13-,14-/m1/s1. The summed E-state index contributed by atoms with van der Waals surface area (Å²) >= 11 is 11.9. The van der Waals surface area contributed by atoms with Crippen LogP contribution in [0, 0.1) is 11.8 Å². The van der Waals surface area contributed by atoms with Crippen LogP contribution >= 0.6 is 23.2 Å². The number of likely N-dealkylation sites (N-methyl/N-ethyl adjacent to an activating group) is 1. The summed E-state index contributed by atoms with van der Waals surface area (Å²) < 4.78 is 0. The molecule has 1 aliphatic heterocycles. The molecular weight excluding hydrogens is 351 g/mol. The van der Waals surface area contributed by atoms with E-state index in [1.54, 1.807) is 23.1 Å². The number of aliphatic hydroxyl groups excluding tert-OH is 2. The summed E-state index contributed by atoms with van der Waals surface area (Å²) in [5.74, 6) is 0.312. The van der Waals surface area contributed by atoms with Gasteiger partial charge in [-0.05, 0) is 30.7 Å². The van der Waals surface area contributed by atoms with Gasteiger partial charge < -0.3 is 20.0 Å². The van der Waals surface area contributed by atoms with E-state index in [0.717, 1.165) is 12.1 Å². The Morgan fingerprint density at radius 2 is 1.96 bits per heavy atom. The minimum absolute atomic E-state index is 0.0270. The molecule has 0 bridgehead atoms. The second-order valence-corrected chi connectivity index (χ2v) is 7.23. The van der Waals surface area contributed by atoms with Crippen molar-refractivity contribution in [3.63, 3.8) is 0 Å². The lowest BCUT2D eigenvalue weighted by Crippen LogP contribution is -2.34. The van der Waals surface area contributed by atoms with E-state index in [1.165, 1.54) is 0 Å². The smallest absolute Gasteiger partial charge is 0.227 e. The zero-order valence-electron chi connectivity index (χ0n) is 13.8. The monoisotopic (exact) mass is 374 g/mol. The lowest BCUT2D eigenvalue weighted by molar-refractivity contribution is -0.129. The summed E-state index contributed by atoms with van der Waals surface area (Å²) in [6.07, 6.45) is 0.272. The van der Waals surface area contributed by atoms with Crippen molar-refractivity contribution >= 4 is 29.1 Å². The first-order chi connectivity index (χ1) is 11.4. The van der Waals surface area contributed by atoms with Gasteiger partial charge in [-0.2, -0.15) is 0 Å². The Hall–Kier alpha value is -0.850. The molecule has 1 saturated heterocycles. The number of aliphatic hydroxyl groups is 2. The quantitative estimate of drug-likeness (QED) is 0.759. The number of rotatable bonds is 7. The number of likely N-dealkylation sites (tertiary alicyclic amines) is 1. The lowest BCUT2D eigenvalue weighted by atomic mass is 9.96. The first-order valence-electron chi connectivity index (χ1n) is 8.06. The highest BCUT2D eigenvalue weighted by molar-refractivity contribution is 6.42. The molecule has 2 N–H and O–H groups in total. The fourth-order valence-corrected chi connectivity index (χ4v) is 3.48. The molecular formula is C17H24Cl2N2O3. The number of hydrogen-bond acceptors (Lipinski definition) is 4. The first kappa shape index (κ1) is 19.5. The van der Waals surface area contributed by atoms with Crippen molar-refractivity contribution in [3.05, 3.63) is 33.8 Å². The lowest BCUT2D eigenvalue weighted by Gasteiger charge is -2.23. The minimum atomic E-state index is 0.0270. The largest absolute Gasteiger partial charge is 0.396 e. The maximum atomic E-state index is 12.5. The molecule has 7 heteroatoms. The summed E-state index contributed by atoms with van der Waals surface area (Å²) in [5.41, 5.74) is 0.829. The summed E-state index contributed by atoms with van der Waals surface area (Å²) in [4.78, 5) is 16.4. The molecule has 2 atom stereocenters. The highest BCUT2D eigenvalue weighted by Gasteiger charge is 2.35. The summed E-state index contributed by atoms with van der Waals surface area (Å²) in [5, 5.41) is 19.5. The van der Waals surface area contributed by atoms with E-state index in [-0.39, 0.29) is 37.4 Å². The summed E-state index contributed by atoms with van der Waals surface area (Å²) in [6.45, 7) is 2.70. The van der Waals surface area contributed by atoms with Gasteiger partial charge in [-0.25, -0.2) is 0 Å². The third-order valence-corrected chi connectivity index (χ3v) is 5.27. The van der Waals surface area contributed by atoms with Crippen molar-refractivity contribution in [2.45, 2.75) is 6.42 Å². The van der Waals surface area contributed by atoms with Crippen LogP contribution in [0.5, 0.6) is 0 Å². The van der Waals surface area contributed by atoms with Crippen molar-refractivity contribution in [1.29, 1.82) is 0 Å². The minimum Gasteiger partial charge on any atom is -0.396 e. The zero-order chi connectivity index (χ0) is 17.7. The predicted octanol–water partition coefficient (Wildman–Crippen LogP) is 1.53. The van der Waals surface area contributed by atoms with E-state index in [9.17, 15) is 9.90 Å². The third-order valence-electron chi connectivity index (χ3n) is 4.53. The fraction of sp³-hybridized carbons (Fsp3) is 0.588. The van der Waals surface area contributed by atoms with E-state index in [1.807, 2.05) is 11.9 Å². The molecule has 0 saturated carbocycles. The van der Waals surface area contributed by atoms with E-state index in [0.29, 0.717) is 29.7 Å². The number of benzene rings is 1. The molecule has 0 spiro atoms. The Morgan fingerprint density at radius 1 is 1.25 bits per heavy atom. The molecule has 5 nitrogen and oxygen atoms in total. The van der Waals surface area contributed by atoms with Gasteiger partial charge in [0.1, 0.15) is 0 Å². The molecule has 0 aliphatic carbocycles. The molecule has 24 heavy (non-hydrogen) atoms.